The second-order valence-corrected chi connectivity index (χ2v) is 5.57. The SMILES string of the molecule is Cc1ccc(CNC(=O)c2nc(-c3ccccc3F)oc2C)cc1. The third kappa shape index (κ3) is 3.35. The number of hydrogen-bond acceptors (Lipinski definition) is 3. The summed E-state index contributed by atoms with van der Waals surface area (Å²) >= 11 is 0. The second-order valence-electron chi connectivity index (χ2n) is 5.57. The molecule has 1 heterocycles. The van der Waals surface area contributed by atoms with Crippen molar-refractivity contribution in [2.45, 2.75) is 20.4 Å². The van der Waals surface area contributed by atoms with Gasteiger partial charge in [-0.3, -0.25) is 4.79 Å². The van der Waals surface area contributed by atoms with E-state index in [-0.39, 0.29) is 23.1 Å². The molecule has 0 aliphatic carbocycles. The highest BCUT2D eigenvalue weighted by atomic mass is 19.1. The Morgan fingerprint density at radius 2 is 1.83 bits per heavy atom. The van der Waals surface area contributed by atoms with Gasteiger partial charge >= 0.3 is 0 Å². The van der Waals surface area contributed by atoms with Crippen molar-refractivity contribution in [1.82, 2.24) is 10.3 Å². The van der Waals surface area contributed by atoms with Gasteiger partial charge in [0.15, 0.2) is 5.69 Å². The standard InChI is InChI=1S/C19H17FN2O2/c1-12-7-9-14(10-8-12)11-21-18(23)17-13(2)24-19(22-17)15-5-3-4-6-16(15)20/h3-10H,11H2,1-2H3,(H,21,23). The molecule has 2 aromatic carbocycles. The Morgan fingerprint density at radius 3 is 2.54 bits per heavy atom. The van der Waals surface area contributed by atoms with E-state index >= 15 is 0 Å². The number of nitrogens with one attached hydrogen (secondary N) is 1. The van der Waals surface area contributed by atoms with E-state index in [9.17, 15) is 9.18 Å². The van der Waals surface area contributed by atoms with E-state index in [1.807, 2.05) is 31.2 Å². The minimum Gasteiger partial charge on any atom is -0.440 e. The monoisotopic (exact) mass is 324 g/mol. The number of rotatable bonds is 4. The Kier molecular flexibility index (Phi) is 4.42. The Hall–Kier alpha value is -2.95. The van der Waals surface area contributed by atoms with Gasteiger partial charge in [0.25, 0.3) is 5.91 Å². The van der Waals surface area contributed by atoms with Gasteiger partial charge in [0.2, 0.25) is 5.89 Å². The smallest absolute Gasteiger partial charge is 0.273 e. The predicted molar refractivity (Wildman–Crippen MR) is 89.0 cm³/mol. The maximum Gasteiger partial charge on any atom is 0.273 e. The molecule has 4 nitrogen and oxygen atoms in total. The summed E-state index contributed by atoms with van der Waals surface area (Å²) in [5.41, 5.74) is 2.55. The summed E-state index contributed by atoms with van der Waals surface area (Å²) in [6, 6.07) is 14.0. The first-order valence-corrected chi connectivity index (χ1v) is 7.60. The zero-order chi connectivity index (χ0) is 17.1. The second kappa shape index (κ2) is 6.66. The van der Waals surface area contributed by atoms with Crippen molar-refractivity contribution in [2.24, 2.45) is 0 Å². The lowest BCUT2D eigenvalue weighted by Gasteiger charge is -2.04. The van der Waals surface area contributed by atoms with Crippen LogP contribution < -0.4 is 5.32 Å². The van der Waals surface area contributed by atoms with Crippen molar-refractivity contribution in [3.8, 4) is 11.5 Å². The Labute approximate surface area is 139 Å². The fourth-order valence-electron chi connectivity index (χ4n) is 2.33. The van der Waals surface area contributed by atoms with Crippen molar-refractivity contribution < 1.29 is 13.6 Å². The van der Waals surface area contributed by atoms with E-state index in [4.69, 9.17) is 4.42 Å². The summed E-state index contributed by atoms with van der Waals surface area (Å²) in [4.78, 5) is 16.5. The minimum absolute atomic E-state index is 0.103. The normalized spacial score (nSPS) is 10.6. The first-order chi connectivity index (χ1) is 11.5. The van der Waals surface area contributed by atoms with Gasteiger partial charge in [-0.2, -0.15) is 0 Å². The number of benzene rings is 2. The molecule has 122 valence electrons. The van der Waals surface area contributed by atoms with Gasteiger partial charge < -0.3 is 9.73 Å². The van der Waals surface area contributed by atoms with Gasteiger partial charge in [-0.15, -0.1) is 0 Å². The molecule has 0 unspecified atom stereocenters. The maximum atomic E-state index is 13.8. The number of amides is 1. The van der Waals surface area contributed by atoms with Crippen LogP contribution in [0.4, 0.5) is 4.39 Å². The zero-order valence-electron chi connectivity index (χ0n) is 13.5. The van der Waals surface area contributed by atoms with Gasteiger partial charge in [0.05, 0.1) is 5.56 Å². The van der Waals surface area contributed by atoms with Crippen LogP contribution in [0.25, 0.3) is 11.5 Å². The van der Waals surface area contributed by atoms with Crippen LogP contribution in [0.3, 0.4) is 0 Å². The van der Waals surface area contributed by atoms with Gasteiger partial charge in [-0.25, -0.2) is 9.37 Å². The summed E-state index contributed by atoms with van der Waals surface area (Å²) in [5, 5.41) is 2.80. The first-order valence-electron chi connectivity index (χ1n) is 7.60. The fraction of sp³-hybridized carbons (Fsp3) is 0.158. The third-order valence-corrected chi connectivity index (χ3v) is 3.69. The van der Waals surface area contributed by atoms with Crippen LogP contribution in [0.2, 0.25) is 0 Å². The molecule has 0 bridgehead atoms. The molecule has 0 aliphatic rings. The molecule has 0 atom stereocenters. The van der Waals surface area contributed by atoms with E-state index in [1.54, 1.807) is 25.1 Å². The topological polar surface area (TPSA) is 55.1 Å². The number of halogens is 1. The molecule has 5 heteroatoms. The van der Waals surface area contributed by atoms with Crippen LogP contribution in [-0.2, 0) is 6.54 Å². The van der Waals surface area contributed by atoms with E-state index in [1.165, 1.54) is 6.07 Å². The largest absolute Gasteiger partial charge is 0.440 e. The Balaban J connectivity index is 1.76. The first kappa shape index (κ1) is 15.9. The zero-order valence-corrected chi connectivity index (χ0v) is 13.5. The molecule has 1 aromatic heterocycles. The average molecular weight is 324 g/mol. The van der Waals surface area contributed by atoms with Crippen LogP contribution in [0, 0.1) is 19.7 Å². The summed E-state index contributed by atoms with van der Waals surface area (Å²) in [6.07, 6.45) is 0. The number of oxazole rings is 1. The lowest BCUT2D eigenvalue weighted by Crippen LogP contribution is -2.23. The number of hydrogen-bond donors (Lipinski definition) is 1. The highest BCUT2D eigenvalue weighted by molar-refractivity contribution is 5.93. The van der Waals surface area contributed by atoms with Crippen LogP contribution in [0.1, 0.15) is 27.4 Å². The number of carbonyl (C=O) groups is 1. The fourth-order valence-corrected chi connectivity index (χ4v) is 2.33. The van der Waals surface area contributed by atoms with Crippen molar-refractivity contribution in [3.63, 3.8) is 0 Å². The number of aromatic nitrogens is 1. The van der Waals surface area contributed by atoms with Crippen LogP contribution in [0.5, 0.6) is 0 Å². The van der Waals surface area contributed by atoms with Crippen LogP contribution in [-0.4, -0.2) is 10.9 Å². The summed E-state index contributed by atoms with van der Waals surface area (Å²) < 4.78 is 19.3. The highest BCUT2D eigenvalue weighted by Gasteiger charge is 2.19. The van der Waals surface area contributed by atoms with Crippen LogP contribution >= 0.6 is 0 Å². The predicted octanol–water partition coefficient (Wildman–Crippen LogP) is 4.03. The number of nitrogens with zero attached hydrogens (tertiary/aromatic N) is 1. The minimum atomic E-state index is -0.439. The van der Waals surface area contributed by atoms with Gasteiger partial charge in [-0.05, 0) is 31.5 Å². The van der Waals surface area contributed by atoms with E-state index in [0.717, 1.165) is 11.1 Å². The van der Waals surface area contributed by atoms with Crippen molar-refractivity contribution in [1.29, 1.82) is 0 Å². The molecule has 0 spiro atoms. The van der Waals surface area contributed by atoms with Gasteiger partial charge in [-0.1, -0.05) is 42.0 Å². The third-order valence-electron chi connectivity index (χ3n) is 3.69. The van der Waals surface area contributed by atoms with E-state index < -0.39 is 5.82 Å². The molecule has 3 aromatic rings. The molecule has 1 amide bonds. The molecular formula is C19H17FN2O2. The lowest BCUT2D eigenvalue weighted by atomic mass is 10.1. The molecule has 0 saturated heterocycles. The molecular weight excluding hydrogens is 307 g/mol. The van der Waals surface area contributed by atoms with Crippen molar-refractivity contribution in [3.05, 3.63) is 76.9 Å². The van der Waals surface area contributed by atoms with E-state index in [0.29, 0.717) is 12.3 Å². The summed E-state index contributed by atoms with van der Waals surface area (Å²) in [5.74, 6) is -0.328. The molecule has 0 aliphatic heterocycles. The van der Waals surface area contributed by atoms with Crippen molar-refractivity contribution >= 4 is 5.91 Å². The highest BCUT2D eigenvalue weighted by Crippen LogP contribution is 2.24. The Morgan fingerprint density at radius 1 is 1.12 bits per heavy atom. The lowest BCUT2D eigenvalue weighted by molar-refractivity contribution is 0.0945. The Bertz CT molecular complexity index is 869. The quantitative estimate of drug-likeness (QED) is 0.788. The molecule has 24 heavy (non-hydrogen) atoms. The van der Waals surface area contributed by atoms with E-state index in [2.05, 4.69) is 10.3 Å². The van der Waals surface area contributed by atoms with Crippen molar-refractivity contribution in [2.75, 3.05) is 0 Å². The van der Waals surface area contributed by atoms with Gasteiger partial charge in [0.1, 0.15) is 11.6 Å². The molecule has 3 rings (SSSR count). The van der Waals surface area contributed by atoms with Crippen LogP contribution in [0.15, 0.2) is 52.9 Å². The molecule has 0 saturated carbocycles. The van der Waals surface area contributed by atoms with Gasteiger partial charge in [0, 0.05) is 6.54 Å². The molecule has 0 radical (unpaired) electrons. The molecule has 0 fully saturated rings. The average Bonchev–Trinajstić information content (AvgIpc) is 2.96. The number of aryl methyl sites for hydroxylation is 2. The number of carbonyl (C=O) groups excluding carboxylic acids is 1. The summed E-state index contributed by atoms with van der Waals surface area (Å²) in [6.45, 7) is 4.03. The maximum absolute atomic E-state index is 13.8. The summed E-state index contributed by atoms with van der Waals surface area (Å²) in [7, 11) is 0. The molecule has 1 N–H and O–H groups in total.